The number of thioether (sulfide) groups is 1. The van der Waals surface area contributed by atoms with Crippen LogP contribution in [0.3, 0.4) is 0 Å². The van der Waals surface area contributed by atoms with E-state index in [2.05, 4.69) is 5.48 Å². The van der Waals surface area contributed by atoms with Crippen molar-refractivity contribution in [1.82, 2.24) is 5.48 Å². The summed E-state index contributed by atoms with van der Waals surface area (Å²) in [7, 11) is 0. The molecule has 1 heterocycles. The predicted octanol–water partition coefficient (Wildman–Crippen LogP) is 2.43. The second-order valence-electron chi connectivity index (χ2n) is 3.23. The fraction of sp³-hybridized carbons (Fsp3) is 0.300. The largest absolute Gasteiger partial charge is 0.291 e. The molecule has 0 aliphatic heterocycles. The third-order valence-electron chi connectivity index (χ3n) is 2.45. The van der Waals surface area contributed by atoms with Crippen molar-refractivity contribution in [2.24, 2.45) is 0 Å². The summed E-state index contributed by atoms with van der Waals surface area (Å²) in [6, 6.07) is 2.00. The Hall–Kier alpha value is -0.780. The van der Waals surface area contributed by atoms with Gasteiger partial charge in [0.25, 0.3) is 0 Å². The van der Waals surface area contributed by atoms with Crippen LogP contribution in [0.15, 0.2) is 22.0 Å². The monoisotopic (exact) mass is 241 g/mol. The van der Waals surface area contributed by atoms with Crippen LogP contribution >= 0.6 is 23.1 Å². The highest BCUT2D eigenvalue weighted by atomic mass is 32.2. The molecule has 1 aliphatic rings. The highest BCUT2D eigenvalue weighted by Crippen LogP contribution is 2.32. The number of hydrogen-bond donors (Lipinski definition) is 2. The van der Waals surface area contributed by atoms with Gasteiger partial charge in [-0.05, 0) is 36.1 Å². The molecule has 3 nitrogen and oxygen atoms in total. The summed E-state index contributed by atoms with van der Waals surface area (Å²) >= 11 is 2.83. The number of allylic oxidation sites excluding steroid dienone is 1. The lowest BCUT2D eigenvalue weighted by Gasteiger charge is -2.16. The Morgan fingerprint density at radius 1 is 1.60 bits per heavy atom. The summed E-state index contributed by atoms with van der Waals surface area (Å²) in [5, 5.41) is 11.4. The number of hydroxylamine groups is 1. The maximum absolute atomic E-state index is 12.0. The summed E-state index contributed by atoms with van der Waals surface area (Å²) < 4.78 is 0. The van der Waals surface area contributed by atoms with E-state index >= 15 is 0 Å². The lowest BCUT2D eigenvalue weighted by Crippen LogP contribution is -2.17. The van der Waals surface area contributed by atoms with Crippen LogP contribution in [-0.2, 0) is 6.42 Å². The number of carbonyl (C=O) groups is 1. The lowest BCUT2D eigenvalue weighted by molar-refractivity contribution is 0.102. The first-order chi connectivity index (χ1) is 7.27. The number of ketones is 1. The molecule has 0 saturated carbocycles. The molecule has 2 rings (SSSR count). The third kappa shape index (κ3) is 1.82. The molecule has 0 amide bonds. The molecule has 0 aromatic carbocycles. The van der Waals surface area contributed by atoms with Crippen LogP contribution in [0, 0.1) is 0 Å². The van der Waals surface area contributed by atoms with Gasteiger partial charge in [-0.2, -0.15) is 0 Å². The van der Waals surface area contributed by atoms with Crippen LogP contribution in [0.25, 0.3) is 0 Å². The Labute approximate surface area is 96.1 Å². The summed E-state index contributed by atoms with van der Waals surface area (Å²) in [6.45, 7) is 0. The zero-order valence-electron chi connectivity index (χ0n) is 8.24. The molecule has 0 bridgehead atoms. The zero-order valence-corrected chi connectivity index (χ0v) is 9.87. The van der Waals surface area contributed by atoms with Gasteiger partial charge in [-0.15, -0.1) is 23.1 Å². The van der Waals surface area contributed by atoms with E-state index in [-0.39, 0.29) is 5.78 Å². The van der Waals surface area contributed by atoms with Crippen molar-refractivity contribution in [2.75, 3.05) is 6.26 Å². The van der Waals surface area contributed by atoms with Gasteiger partial charge < -0.3 is 0 Å². The number of nitrogens with one attached hydrogen (secondary N) is 1. The van der Waals surface area contributed by atoms with Crippen molar-refractivity contribution in [3.05, 3.63) is 32.5 Å². The molecular weight excluding hydrogens is 230 g/mol. The molecule has 80 valence electrons. The molecule has 1 aliphatic carbocycles. The molecule has 0 unspecified atom stereocenters. The van der Waals surface area contributed by atoms with Gasteiger partial charge in [0, 0.05) is 5.57 Å². The average Bonchev–Trinajstić information content (AvgIpc) is 2.71. The first kappa shape index (κ1) is 10.7. The topological polar surface area (TPSA) is 49.3 Å². The van der Waals surface area contributed by atoms with E-state index in [1.54, 1.807) is 0 Å². The molecule has 0 radical (unpaired) electrons. The van der Waals surface area contributed by atoms with E-state index in [0.717, 1.165) is 16.9 Å². The van der Waals surface area contributed by atoms with Gasteiger partial charge >= 0.3 is 0 Å². The van der Waals surface area contributed by atoms with Crippen molar-refractivity contribution >= 4 is 28.9 Å². The second-order valence-corrected chi connectivity index (χ2v) is 4.96. The van der Waals surface area contributed by atoms with Gasteiger partial charge in [-0.1, -0.05) is 0 Å². The van der Waals surface area contributed by atoms with E-state index in [9.17, 15) is 4.79 Å². The van der Waals surface area contributed by atoms with Crippen LogP contribution in [0.5, 0.6) is 0 Å². The number of aryl methyl sites for hydroxylation is 1. The first-order valence-electron chi connectivity index (χ1n) is 4.56. The minimum absolute atomic E-state index is 0.0529. The van der Waals surface area contributed by atoms with Gasteiger partial charge in [-0.25, -0.2) is 0 Å². The molecule has 1 aromatic rings. The van der Waals surface area contributed by atoms with E-state index in [1.807, 2.05) is 17.7 Å². The highest BCUT2D eigenvalue weighted by Gasteiger charge is 2.25. The minimum Gasteiger partial charge on any atom is -0.291 e. The molecule has 5 heteroatoms. The van der Waals surface area contributed by atoms with Crippen LogP contribution in [0.2, 0.25) is 0 Å². The average molecular weight is 241 g/mol. The second kappa shape index (κ2) is 4.38. The quantitative estimate of drug-likeness (QED) is 0.617. The summed E-state index contributed by atoms with van der Waals surface area (Å²) in [4.78, 5) is 12.8. The fourth-order valence-electron chi connectivity index (χ4n) is 1.69. The number of hydrogen-bond acceptors (Lipinski definition) is 5. The van der Waals surface area contributed by atoms with E-state index in [0.29, 0.717) is 17.0 Å². The third-order valence-corrected chi connectivity index (χ3v) is 4.15. The molecule has 0 spiro atoms. The number of carbonyl (C=O) groups excluding carboxylic acids is 1. The summed E-state index contributed by atoms with van der Waals surface area (Å²) in [5.74, 6) is 0.0529. The van der Waals surface area contributed by atoms with Crippen LogP contribution in [0.1, 0.15) is 21.7 Å². The van der Waals surface area contributed by atoms with E-state index in [4.69, 9.17) is 5.21 Å². The number of Topliss-reactive ketones (excluding diaryl/α,β-unsaturated/α-hetero) is 1. The molecule has 0 fully saturated rings. The van der Waals surface area contributed by atoms with Gasteiger partial charge in [0.2, 0.25) is 5.78 Å². The van der Waals surface area contributed by atoms with Crippen molar-refractivity contribution in [3.63, 3.8) is 0 Å². The van der Waals surface area contributed by atoms with Crippen LogP contribution in [-0.4, -0.2) is 17.2 Å². The first-order valence-corrected chi connectivity index (χ1v) is 6.66. The normalized spacial score (nSPS) is 18.7. The molecule has 15 heavy (non-hydrogen) atoms. The Morgan fingerprint density at radius 3 is 3.07 bits per heavy atom. The van der Waals surface area contributed by atoms with Crippen molar-refractivity contribution < 1.29 is 10.0 Å². The Kier molecular flexibility index (Phi) is 3.14. The Bertz CT molecular complexity index is 417. The minimum atomic E-state index is 0.0529. The van der Waals surface area contributed by atoms with E-state index in [1.165, 1.54) is 23.1 Å². The summed E-state index contributed by atoms with van der Waals surface area (Å²) in [5.41, 5.74) is 3.93. The molecule has 2 N–H and O–H groups in total. The smallest absolute Gasteiger partial charge is 0.201 e. The van der Waals surface area contributed by atoms with Crippen LogP contribution in [0.4, 0.5) is 0 Å². The maximum Gasteiger partial charge on any atom is 0.201 e. The standard InChI is InChI=1S/C10H11NO2S2/c1-14-10(11-13)7-3-2-6-4-5-15-9(6)8(7)12/h4-5,11,13H,2-3H2,1H3/b10-7+. The zero-order chi connectivity index (χ0) is 10.8. The Morgan fingerprint density at radius 2 is 2.40 bits per heavy atom. The molecular formula is C10H11NO2S2. The number of rotatable bonds is 2. The maximum atomic E-state index is 12.0. The van der Waals surface area contributed by atoms with Gasteiger partial charge in [0.05, 0.1) is 4.88 Å². The fourth-order valence-corrected chi connectivity index (χ4v) is 3.15. The lowest BCUT2D eigenvalue weighted by atomic mass is 9.94. The summed E-state index contributed by atoms with van der Waals surface area (Å²) in [6.07, 6.45) is 3.42. The van der Waals surface area contributed by atoms with Crippen LogP contribution < -0.4 is 5.48 Å². The van der Waals surface area contributed by atoms with Crippen molar-refractivity contribution in [3.8, 4) is 0 Å². The van der Waals surface area contributed by atoms with Crippen molar-refractivity contribution in [1.29, 1.82) is 0 Å². The Balaban J connectivity index is 2.42. The number of thiophene rings is 1. The highest BCUT2D eigenvalue weighted by molar-refractivity contribution is 8.02. The van der Waals surface area contributed by atoms with Crippen molar-refractivity contribution in [2.45, 2.75) is 12.8 Å². The van der Waals surface area contributed by atoms with E-state index < -0.39 is 0 Å². The molecule has 0 saturated heterocycles. The SMILES string of the molecule is CS/C(NO)=C1\CCc2ccsc2C1=O. The predicted molar refractivity (Wildman–Crippen MR) is 62.4 cm³/mol. The van der Waals surface area contributed by atoms with Gasteiger partial charge in [-0.3, -0.25) is 15.5 Å². The molecule has 0 atom stereocenters. The number of fused-ring (bicyclic) bond motifs is 1. The van der Waals surface area contributed by atoms with Gasteiger partial charge in [0.15, 0.2) is 0 Å². The van der Waals surface area contributed by atoms with Gasteiger partial charge in [0.1, 0.15) is 5.03 Å². The molecule has 1 aromatic heterocycles.